The van der Waals surface area contributed by atoms with Crippen molar-refractivity contribution in [3.8, 4) is 0 Å². The van der Waals surface area contributed by atoms with Crippen molar-refractivity contribution in [1.82, 2.24) is 10.2 Å². The van der Waals surface area contributed by atoms with Gasteiger partial charge in [0.05, 0.1) is 0 Å². The molecule has 84 valence electrons. The van der Waals surface area contributed by atoms with Crippen molar-refractivity contribution in [3.05, 3.63) is 0 Å². The molecule has 2 atom stereocenters. The average molecular weight is 198 g/mol. The van der Waals surface area contributed by atoms with Crippen LogP contribution in [0.2, 0.25) is 0 Å². The highest BCUT2D eigenvalue weighted by Gasteiger charge is 2.32. The normalized spacial score (nSPS) is 26.6. The first kappa shape index (κ1) is 12.0. The van der Waals surface area contributed by atoms with E-state index in [0.717, 1.165) is 12.0 Å². The second-order valence-corrected chi connectivity index (χ2v) is 4.65. The van der Waals surface area contributed by atoms with Gasteiger partial charge in [0.1, 0.15) is 0 Å². The van der Waals surface area contributed by atoms with Crippen LogP contribution in [-0.2, 0) is 0 Å². The van der Waals surface area contributed by atoms with E-state index in [4.69, 9.17) is 0 Å². The highest BCUT2D eigenvalue weighted by molar-refractivity contribution is 4.88. The molecule has 1 N–H and O–H groups in total. The fourth-order valence-electron chi connectivity index (χ4n) is 2.41. The smallest absolute Gasteiger partial charge is 0.0133 e. The van der Waals surface area contributed by atoms with Crippen molar-refractivity contribution in [2.45, 2.75) is 45.1 Å². The summed E-state index contributed by atoms with van der Waals surface area (Å²) in [5.74, 6) is 0.909. The van der Waals surface area contributed by atoms with Gasteiger partial charge in [0.15, 0.2) is 0 Å². The van der Waals surface area contributed by atoms with Gasteiger partial charge in [-0.3, -0.25) is 0 Å². The van der Waals surface area contributed by atoms with Gasteiger partial charge < -0.3 is 10.2 Å². The Morgan fingerprint density at radius 1 is 1.29 bits per heavy atom. The van der Waals surface area contributed by atoms with E-state index in [9.17, 15) is 0 Å². The van der Waals surface area contributed by atoms with E-state index in [2.05, 4.69) is 31.2 Å². The molecular formula is C12H26N2. The molecule has 2 nitrogen and oxygen atoms in total. The van der Waals surface area contributed by atoms with E-state index in [0.29, 0.717) is 0 Å². The van der Waals surface area contributed by atoms with Crippen LogP contribution in [0, 0.1) is 5.92 Å². The Hall–Kier alpha value is -0.0800. The van der Waals surface area contributed by atoms with Crippen molar-refractivity contribution in [2.75, 3.05) is 27.2 Å². The molecule has 0 bridgehead atoms. The van der Waals surface area contributed by atoms with Gasteiger partial charge in [-0.25, -0.2) is 0 Å². The van der Waals surface area contributed by atoms with E-state index in [1.54, 1.807) is 0 Å². The maximum absolute atomic E-state index is 3.30. The number of unbranched alkanes of at least 4 members (excludes halogenated alkanes) is 2. The van der Waals surface area contributed by atoms with Crippen LogP contribution in [0.3, 0.4) is 0 Å². The summed E-state index contributed by atoms with van der Waals surface area (Å²) in [6, 6.07) is 0.860. The zero-order chi connectivity index (χ0) is 10.4. The molecule has 0 amide bonds. The van der Waals surface area contributed by atoms with E-state index < -0.39 is 0 Å². The van der Waals surface area contributed by atoms with Gasteiger partial charge in [0, 0.05) is 6.04 Å². The zero-order valence-electron chi connectivity index (χ0n) is 10.1. The maximum Gasteiger partial charge on any atom is 0.0133 e. The van der Waals surface area contributed by atoms with Crippen LogP contribution >= 0.6 is 0 Å². The second-order valence-electron chi connectivity index (χ2n) is 4.65. The van der Waals surface area contributed by atoms with Crippen LogP contribution in [0.1, 0.15) is 39.0 Å². The zero-order valence-corrected chi connectivity index (χ0v) is 10.1. The Kier molecular flexibility index (Phi) is 5.49. The molecule has 0 aromatic rings. The summed E-state index contributed by atoms with van der Waals surface area (Å²) >= 11 is 0. The molecule has 0 radical (unpaired) electrons. The molecule has 1 aliphatic rings. The SMILES string of the molecule is CCCCCN(C)C1CCC1CNC. The molecule has 0 aromatic heterocycles. The third kappa shape index (κ3) is 3.25. The molecule has 1 rings (SSSR count). The summed E-state index contributed by atoms with van der Waals surface area (Å²) in [7, 11) is 4.36. The number of hydrogen-bond acceptors (Lipinski definition) is 2. The molecule has 1 saturated carbocycles. The summed E-state index contributed by atoms with van der Waals surface area (Å²) < 4.78 is 0. The lowest BCUT2D eigenvalue weighted by Gasteiger charge is -2.43. The molecule has 0 spiro atoms. The van der Waals surface area contributed by atoms with Gasteiger partial charge in [-0.15, -0.1) is 0 Å². The van der Waals surface area contributed by atoms with E-state index >= 15 is 0 Å². The Morgan fingerprint density at radius 2 is 2.07 bits per heavy atom. The second kappa shape index (κ2) is 6.41. The molecule has 2 heteroatoms. The van der Waals surface area contributed by atoms with Gasteiger partial charge in [-0.2, -0.15) is 0 Å². The third-order valence-electron chi connectivity index (χ3n) is 3.52. The minimum Gasteiger partial charge on any atom is -0.319 e. The van der Waals surface area contributed by atoms with E-state index in [-0.39, 0.29) is 0 Å². The van der Waals surface area contributed by atoms with Crippen LogP contribution in [0.5, 0.6) is 0 Å². The lowest BCUT2D eigenvalue weighted by Crippen LogP contribution is -2.48. The van der Waals surface area contributed by atoms with Crippen molar-refractivity contribution in [1.29, 1.82) is 0 Å². The van der Waals surface area contributed by atoms with Crippen LogP contribution in [-0.4, -0.2) is 38.1 Å². The fraction of sp³-hybridized carbons (Fsp3) is 1.00. The minimum absolute atomic E-state index is 0.860. The summed E-state index contributed by atoms with van der Waals surface area (Å²) in [6.07, 6.45) is 6.92. The van der Waals surface area contributed by atoms with Gasteiger partial charge >= 0.3 is 0 Å². The van der Waals surface area contributed by atoms with Crippen LogP contribution in [0.4, 0.5) is 0 Å². The molecule has 0 saturated heterocycles. The summed E-state index contributed by atoms with van der Waals surface area (Å²) in [6.45, 7) is 4.76. The molecule has 0 heterocycles. The average Bonchev–Trinajstić information content (AvgIpc) is 2.13. The summed E-state index contributed by atoms with van der Waals surface area (Å²) in [4.78, 5) is 2.57. The molecule has 2 unspecified atom stereocenters. The van der Waals surface area contributed by atoms with Crippen LogP contribution in [0.25, 0.3) is 0 Å². The predicted octanol–water partition coefficient (Wildman–Crippen LogP) is 2.11. The number of nitrogens with zero attached hydrogens (tertiary/aromatic N) is 1. The van der Waals surface area contributed by atoms with Gasteiger partial charge in [-0.1, -0.05) is 19.8 Å². The topological polar surface area (TPSA) is 15.3 Å². The Bertz CT molecular complexity index is 147. The van der Waals surface area contributed by atoms with Gasteiger partial charge in [0.2, 0.25) is 0 Å². The summed E-state index contributed by atoms with van der Waals surface area (Å²) in [5.41, 5.74) is 0. The van der Waals surface area contributed by atoms with Crippen LogP contribution in [0.15, 0.2) is 0 Å². The standard InChI is InChI=1S/C12H26N2/c1-4-5-6-9-14(3)12-8-7-11(12)10-13-2/h11-13H,4-10H2,1-3H3. The largest absolute Gasteiger partial charge is 0.319 e. The molecule has 1 aliphatic carbocycles. The first-order valence-corrected chi connectivity index (χ1v) is 6.14. The van der Waals surface area contributed by atoms with E-state index in [1.807, 2.05) is 0 Å². The summed E-state index contributed by atoms with van der Waals surface area (Å²) in [5, 5.41) is 3.30. The number of nitrogens with one attached hydrogen (secondary N) is 1. The minimum atomic E-state index is 0.860. The Labute approximate surface area is 89.1 Å². The van der Waals surface area contributed by atoms with Crippen molar-refractivity contribution < 1.29 is 0 Å². The fourth-order valence-corrected chi connectivity index (χ4v) is 2.41. The van der Waals surface area contributed by atoms with Crippen molar-refractivity contribution in [3.63, 3.8) is 0 Å². The van der Waals surface area contributed by atoms with Gasteiger partial charge in [0.25, 0.3) is 0 Å². The van der Waals surface area contributed by atoms with Crippen molar-refractivity contribution >= 4 is 0 Å². The lowest BCUT2D eigenvalue weighted by atomic mass is 9.78. The predicted molar refractivity (Wildman–Crippen MR) is 62.6 cm³/mol. The number of rotatable bonds is 7. The molecule has 0 aliphatic heterocycles. The molecule has 1 fully saturated rings. The Morgan fingerprint density at radius 3 is 2.57 bits per heavy atom. The molecule has 0 aromatic carbocycles. The monoisotopic (exact) mass is 198 g/mol. The first-order valence-electron chi connectivity index (χ1n) is 6.14. The Balaban J connectivity index is 2.13. The quantitative estimate of drug-likeness (QED) is 0.630. The highest BCUT2D eigenvalue weighted by atomic mass is 15.1. The lowest BCUT2D eigenvalue weighted by molar-refractivity contribution is 0.0837. The van der Waals surface area contributed by atoms with Crippen LogP contribution < -0.4 is 5.32 Å². The van der Waals surface area contributed by atoms with Gasteiger partial charge in [-0.05, 0) is 52.4 Å². The first-order chi connectivity index (χ1) is 6.79. The highest BCUT2D eigenvalue weighted by Crippen LogP contribution is 2.30. The number of hydrogen-bond donors (Lipinski definition) is 1. The molecular weight excluding hydrogens is 172 g/mol. The molecule has 14 heavy (non-hydrogen) atoms. The van der Waals surface area contributed by atoms with Crippen molar-refractivity contribution in [2.24, 2.45) is 5.92 Å². The maximum atomic E-state index is 3.30. The third-order valence-corrected chi connectivity index (χ3v) is 3.52. The van der Waals surface area contributed by atoms with E-state index in [1.165, 1.54) is 45.2 Å².